The SMILES string of the molecule is CNc1ccc(Nc2nc(Nc3ccc(C(N)=O)cc3)nc3c2ccn3S(=O)(=O)c2ccc(C)cc2)cc1C=N. The molecule has 0 aliphatic heterocycles. The van der Waals surface area contributed by atoms with Gasteiger partial charge in [0.2, 0.25) is 11.9 Å². The average Bonchev–Trinajstić information content (AvgIpc) is 3.39. The fraction of sp³-hybridized carbons (Fsp3) is 0.0714. The molecule has 0 unspecified atom stereocenters. The fourth-order valence-electron chi connectivity index (χ4n) is 4.13. The molecular weight excluding hydrogens is 528 g/mol. The molecule has 5 rings (SSSR count). The summed E-state index contributed by atoms with van der Waals surface area (Å²) in [6.45, 7) is 1.88. The highest BCUT2D eigenvalue weighted by Gasteiger charge is 2.22. The summed E-state index contributed by atoms with van der Waals surface area (Å²) in [5.74, 6) is -0.0734. The molecule has 11 nitrogen and oxygen atoms in total. The Morgan fingerprint density at radius 3 is 2.30 bits per heavy atom. The minimum absolute atomic E-state index is 0.124. The van der Waals surface area contributed by atoms with E-state index in [1.807, 2.05) is 19.1 Å². The van der Waals surface area contributed by atoms with Crippen LogP contribution in [0.1, 0.15) is 21.5 Å². The number of aryl methyl sites for hydroxylation is 1. The summed E-state index contributed by atoms with van der Waals surface area (Å²) in [7, 11) is -2.20. The molecule has 6 N–H and O–H groups in total. The van der Waals surface area contributed by atoms with Gasteiger partial charge in [-0.15, -0.1) is 0 Å². The third-order valence-corrected chi connectivity index (χ3v) is 7.93. The van der Waals surface area contributed by atoms with E-state index in [2.05, 4.69) is 25.9 Å². The molecule has 1 amide bonds. The van der Waals surface area contributed by atoms with Crippen molar-refractivity contribution in [3.05, 3.63) is 95.7 Å². The van der Waals surface area contributed by atoms with E-state index < -0.39 is 15.9 Å². The summed E-state index contributed by atoms with van der Waals surface area (Å²) in [4.78, 5) is 20.7. The summed E-state index contributed by atoms with van der Waals surface area (Å²) in [6, 6.07) is 20.1. The summed E-state index contributed by atoms with van der Waals surface area (Å²) in [5, 5.41) is 17.6. The highest BCUT2D eigenvalue weighted by molar-refractivity contribution is 7.90. The minimum atomic E-state index is -3.97. The molecule has 0 saturated heterocycles. The Morgan fingerprint density at radius 1 is 0.950 bits per heavy atom. The van der Waals surface area contributed by atoms with Crippen molar-refractivity contribution in [2.45, 2.75) is 11.8 Å². The predicted molar refractivity (Wildman–Crippen MR) is 157 cm³/mol. The molecular formula is C28H26N8O3S. The molecule has 5 aromatic rings. The lowest BCUT2D eigenvalue weighted by atomic mass is 10.1. The van der Waals surface area contributed by atoms with E-state index in [0.29, 0.717) is 33.7 Å². The van der Waals surface area contributed by atoms with Crippen molar-refractivity contribution in [3.63, 3.8) is 0 Å². The molecule has 0 saturated carbocycles. The van der Waals surface area contributed by atoms with E-state index in [1.54, 1.807) is 67.7 Å². The molecule has 202 valence electrons. The predicted octanol–water partition coefficient (Wildman–Crippen LogP) is 4.60. The second kappa shape index (κ2) is 10.5. The first-order chi connectivity index (χ1) is 19.2. The Morgan fingerprint density at radius 2 is 1.65 bits per heavy atom. The molecule has 0 fully saturated rings. The van der Waals surface area contributed by atoms with Crippen LogP contribution in [0.2, 0.25) is 0 Å². The molecule has 0 spiro atoms. The Balaban J connectivity index is 1.63. The lowest BCUT2D eigenvalue weighted by Crippen LogP contribution is -2.13. The van der Waals surface area contributed by atoms with Crippen molar-refractivity contribution in [2.24, 2.45) is 5.73 Å². The van der Waals surface area contributed by atoms with Crippen molar-refractivity contribution in [1.29, 1.82) is 5.41 Å². The van der Waals surface area contributed by atoms with Crippen LogP contribution < -0.4 is 21.7 Å². The molecule has 3 aromatic carbocycles. The average molecular weight is 555 g/mol. The fourth-order valence-corrected chi connectivity index (χ4v) is 5.43. The molecule has 0 aliphatic carbocycles. The van der Waals surface area contributed by atoms with Crippen LogP contribution in [-0.2, 0) is 10.0 Å². The number of fused-ring (bicyclic) bond motifs is 1. The van der Waals surface area contributed by atoms with Gasteiger partial charge in [-0.2, -0.15) is 9.97 Å². The van der Waals surface area contributed by atoms with Gasteiger partial charge in [-0.3, -0.25) is 4.79 Å². The van der Waals surface area contributed by atoms with E-state index >= 15 is 0 Å². The number of amides is 1. The molecule has 0 radical (unpaired) electrons. The number of anilines is 5. The largest absolute Gasteiger partial charge is 0.388 e. The normalized spacial score (nSPS) is 11.2. The van der Waals surface area contributed by atoms with Crippen molar-refractivity contribution >= 4 is 62.0 Å². The second-order valence-corrected chi connectivity index (χ2v) is 10.8. The van der Waals surface area contributed by atoms with Crippen molar-refractivity contribution in [3.8, 4) is 0 Å². The van der Waals surface area contributed by atoms with Crippen molar-refractivity contribution in [2.75, 3.05) is 23.0 Å². The van der Waals surface area contributed by atoms with Gasteiger partial charge in [-0.05, 0) is 67.6 Å². The second-order valence-electron chi connectivity index (χ2n) is 8.95. The van der Waals surface area contributed by atoms with E-state index in [0.717, 1.165) is 15.2 Å². The number of nitrogens with one attached hydrogen (secondary N) is 4. The number of carbonyl (C=O) groups excluding carboxylic acids is 1. The van der Waals surface area contributed by atoms with Crippen LogP contribution in [-0.4, -0.2) is 41.5 Å². The Hall–Kier alpha value is -5.23. The maximum atomic E-state index is 13.6. The zero-order valence-corrected chi connectivity index (χ0v) is 22.5. The quantitative estimate of drug-likeness (QED) is 0.165. The molecule has 0 aliphatic rings. The third kappa shape index (κ3) is 5.07. The standard InChI is InChI=1S/C28H26N8O3S/c1-17-3-10-22(11-4-17)40(38,39)36-14-13-23-26(32-21-9-12-24(31-2)19(15-21)16-29)34-28(35-27(23)36)33-20-7-5-18(6-8-20)25(30)37/h3-16,29,31H,1-2H3,(H2,30,37)(H2,32,33,34,35). The Bertz CT molecular complexity index is 1850. The first-order valence-electron chi connectivity index (χ1n) is 12.2. The number of benzene rings is 3. The topological polar surface area (TPSA) is 168 Å². The summed E-state index contributed by atoms with van der Waals surface area (Å²) < 4.78 is 28.3. The number of hydrogen-bond acceptors (Lipinski definition) is 9. The zero-order chi connectivity index (χ0) is 28.4. The molecule has 0 atom stereocenters. The first-order valence-corrected chi connectivity index (χ1v) is 13.6. The number of carbonyl (C=O) groups is 1. The van der Waals surface area contributed by atoms with Crippen LogP contribution in [0.15, 0.2) is 83.9 Å². The highest BCUT2D eigenvalue weighted by atomic mass is 32.2. The summed E-state index contributed by atoms with van der Waals surface area (Å²) >= 11 is 0. The van der Waals surface area contributed by atoms with Gasteiger partial charge in [0.05, 0.1) is 10.3 Å². The van der Waals surface area contributed by atoms with Crippen molar-refractivity contribution < 1.29 is 13.2 Å². The Labute approximate surface area is 230 Å². The van der Waals surface area contributed by atoms with Crippen LogP contribution >= 0.6 is 0 Å². The number of aromatic nitrogens is 3. The van der Waals surface area contributed by atoms with Gasteiger partial charge < -0.3 is 27.1 Å². The van der Waals surface area contributed by atoms with Crippen LogP contribution in [0.5, 0.6) is 0 Å². The monoisotopic (exact) mass is 554 g/mol. The smallest absolute Gasteiger partial charge is 0.269 e. The number of hydrogen-bond donors (Lipinski definition) is 5. The van der Waals surface area contributed by atoms with Gasteiger partial charge >= 0.3 is 0 Å². The molecule has 40 heavy (non-hydrogen) atoms. The maximum absolute atomic E-state index is 13.6. The summed E-state index contributed by atoms with van der Waals surface area (Å²) in [6.07, 6.45) is 2.68. The lowest BCUT2D eigenvalue weighted by Gasteiger charge is -2.13. The van der Waals surface area contributed by atoms with Gasteiger partial charge in [0.25, 0.3) is 10.0 Å². The number of nitrogens with zero attached hydrogens (tertiary/aromatic N) is 3. The molecule has 2 aromatic heterocycles. The van der Waals surface area contributed by atoms with Crippen LogP contribution in [0.3, 0.4) is 0 Å². The van der Waals surface area contributed by atoms with Gasteiger partial charge in [0.1, 0.15) is 5.82 Å². The van der Waals surface area contributed by atoms with Gasteiger partial charge in [0, 0.05) is 47.6 Å². The zero-order valence-electron chi connectivity index (χ0n) is 21.6. The van der Waals surface area contributed by atoms with E-state index in [1.165, 1.54) is 12.4 Å². The van der Waals surface area contributed by atoms with Gasteiger partial charge in [0.15, 0.2) is 5.65 Å². The van der Waals surface area contributed by atoms with E-state index in [9.17, 15) is 13.2 Å². The number of rotatable bonds is 9. The number of nitrogens with two attached hydrogens (primary N) is 1. The molecule has 0 bridgehead atoms. The third-order valence-electron chi connectivity index (χ3n) is 6.25. The van der Waals surface area contributed by atoms with Gasteiger partial charge in [-0.1, -0.05) is 17.7 Å². The van der Waals surface area contributed by atoms with Gasteiger partial charge in [-0.25, -0.2) is 12.4 Å². The molecule has 12 heteroatoms. The minimum Gasteiger partial charge on any atom is -0.388 e. The van der Waals surface area contributed by atoms with Crippen LogP contribution in [0.25, 0.3) is 11.0 Å². The molecule has 2 heterocycles. The van der Waals surface area contributed by atoms with Crippen molar-refractivity contribution in [1.82, 2.24) is 13.9 Å². The van der Waals surface area contributed by atoms with E-state index in [4.69, 9.17) is 11.1 Å². The Kier molecular flexibility index (Phi) is 6.92. The van der Waals surface area contributed by atoms with Crippen LogP contribution in [0, 0.1) is 12.3 Å². The van der Waals surface area contributed by atoms with Crippen LogP contribution in [0.4, 0.5) is 28.8 Å². The summed E-state index contributed by atoms with van der Waals surface area (Å²) in [5.41, 5.74) is 9.43. The first kappa shape index (κ1) is 26.4. The highest BCUT2D eigenvalue weighted by Crippen LogP contribution is 2.31. The lowest BCUT2D eigenvalue weighted by molar-refractivity contribution is 0.100. The maximum Gasteiger partial charge on any atom is 0.269 e. The van der Waals surface area contributed by atoms with E-state index in [-0.39, 0.29) is 16.5 Å². The number of primary amides is 1.